The third-order valence-corrected chi connectivity index (χ3v) is 2.68. The summed E-state index contributed by atoms with van der Waals surface area (Å²) in [4.78, 5) is 61.9. The van der Waals surface area contributed by atoms with E-state index >= 15 is 0 Å². The normalized spacial score (nSPS) is 10.5. The second-order valence-electron chi connectivity index (χ2n) is 3.77. The zero-order valence-electron chi connectivity index (χ0n) is 9.98. The summed E-state index contributed by atoms with van der Waals surface area (Å²) in [6.07, 6.45) is 0. The lowest BCUT2D eigenvalue weighted by Gasteiger charge is -2.05. The minimum atomic E-state index is -1.25. The molecule has 0 aromatic carbocycles. The van der Waals surface area contributed by atoms with E-state index in [1.807, 2.05) is 5.32 Å². The number of H-pyrrole nitrogens is 3. The number of rotatable bonds is 3. The molecule has 4 N–H and O–H groups in total. The lowest BCUT2D eigenvalue weighted by molar-refractivity contribution is -0.385. The van der Waals surface area contributed by atoms with Crippen molar-refractivity contribution in [2.24, 2.45) is 0 Å². The highest BCUT2D eigenvalue weighted by molar-refractivity contribution is 6.29. The van der Waals surface area contributed by atoms with Crippen LogP contribution in [0.15, 0.2) is 14.4 Å². The van der Waals surface area contributed by atoms with Gasteiger partial charge in [-0.05, 0) is 0 Å². The Morgan fingerprint density at radius 2 is 1.90 bits per heavy atom. The van der Waals surface area contributed by atoms with Crippen molar-refractivity contribution in [1.82, 2.24) is 15.0 Å². The van der Waals surface area contributed by atoms with Crippen LogP contribution in [0.3, 0.4) is 0 Å². The molecule has 1 amide bonds. The number of alkyl halides is 1. The van der Waals surface area contributed by atoms with Crippen molar-refractivity contribution >= 4 is 40.0 Å². The Morgan fingerprint density at radius 3 is 2.48 bits per heavy atom. The van der Waals surface area contributed by atoms with E-state index in [4.69, 9.17) is 11.6 Å². The molecule has 0 atom stereocenters. The van der Waals surface area contributed by atoms with E-state index in [2.05, 4.69) is 9.97 Å². The molecule has 0 unspecified atom stereocenters. The topological polar surface area (TPSA) is 171 Å². The molecule has 2 heterocycles. The predicted molar refractivity (Wildman–Crippen MR) is 71.8 cm³/mol. The first-order valence-corrected chi connectivity index (χ1v) is 5.81. The first kappa shape index (κ1) is 14.5. The number of nitrogens with one attached hydrogen (secondary N) is 4. The minimum Gasteiger partial charge on any atom is -0.321 e. The lowest BCUT2D eigenvalue weighted by atomic mass is 10.2. The maximum absolute atomic E-state index is 12.0. The number of pyridine rings is 1. The maximum Gasteiger partial charge on any atom is 0.357 e. The Balaban J connectivity index is 2.91. The van der Waals surface area contributed by atoms with Crippen molar-refractivity contribution in [2.75, 3.05) is 11.2 Å². The number of anilines is 1. The van der Waals surface area contributed by atoms with Gasteiger partial charge in [0.2, 0.25) is 5.91 Å². The van der Waals surface area contributed by atoms with Crippen LogP contribution in [0.5, 0.6) is 0 Å². The van der Waals surface area contributed by atoms with Crippen molar-refractivity contribution in [3.8, 4) is 0 Å². The predicted octanol–water partition coefficient (Wildman–Crippen LogP) is -1.01. The molecule has 2 aromatic heterocycles. The number of aromatic amines is 3. The number of hydrogen-bond donors (Lipinski definition) is 4. The van der Waals surface area contributed by atoms with Crippen LogP contribution in [0.2, 0.25) is 0 Å². The van der Waals surface area contributed by atoms with Gasteiger partial charge < -0.3 is 10.3 Å². The number of nitro groups is 1. The molecular formula is C9H6ClN5O6. The molecule has 0 saturated carbocycles. The Bertz CT molecular complexity index is 925. The van der Waals surface area contributed by atoms with Gasteiger partial charge in [0.25, 0.3) is 11.0 Å². The number of aromatic nitrogens is 3. The largest absolute Gasteiger partial charge is 0.357 e. The molecule has 0 spiro atoms. The van der Waals surface area contributed by atoms with Crippen LogP contribution in [-0.2, 0) is 4.79 Å². The molecule has 11 nitrogen and oxygen atoms in total. The van der Waals surface area contributed by atoms with Crippen LogP contribution in [0.1, 0.15) is 0 Å². The molecule has 2 rings (SSSR count). The number of hydrogen-bond acceptors (Lipinski definition) is 6. The van der Waals surface area contributed by atoms with E-state index < -0.39 is 50.3 Å². The molecule has 0 aliphatic heterocycles. The molecule has 21 heavy (non-hydrogen) atoms. The fourth-order valence-corrected chi connectivity index (χ4v) is 1.72. The summed E-state index contributed by atoms with van der Waals surface area (Å²) in [6.45, 7) is 0. The van der Waals surface area contributed by atoms with E-state index in [-0.39, 0.29) is 5.65 Å². The number of fused-ring (bicyclic) bond motifs is 1. The summed E-state index contributed by atoms with van der Waals surface area (Å²) in [7, 11) is 0. The summed E-state index contributed by atoms with van der Waals surface area (Å²) in [5.74, 6) is -1.91. The van der Waals surface area contributed by atoms with Crippen LogP contribution in [-0.4, -0.2) is 31.7 Å². The van der Waals surface area contributed by atoms with Crippen molar-refractivity contribution in [1.29, 1.82) is 0 Å². The summed E-state index contributed by atoms with van der Waals surface area (Å²) in [6, 6.07) is 0. The third kappa shape index (κ3) is 2.53. The van der Waals surface area contributed by atoms with E-state index in [1.165, 1.54) is 0 Å². The van der Waals surface area contributed by atoms with Gasteiger partial charge in [0.15, 0.2) is 5.82 Å². The monoisotopic (exact) mass is 315 g/mol. The number of halogens is 1. The quantitative estimate of drug-likeness (QED) is 0.321. The molecule has 0 fully saturated rings. The van der Waals surface area contributed by atoms with E-state index in [9.17, 15) is 29.3 Å². The maximum atomic E-state index is 12.0. The second kappa shape index (κ2) is 5.20. The molecular weight excluding hydrogens is 310 g/mol. The molecule has 0 aliphatic rings. The first-order chi connectivity index (χ1) is 9.85. The zero-order valence-corrected chi connectivity index (χ0v) is 10.7. The summed E-state index contributed by atoms with van der Waals surface area (Å²) >= 11 is 5.26. The van der Waals surface area contributed by atoms with Gasteiger partial charge in [0.05, 0.1) is 4.92 Å². The van der Waals surface area contributed by atoms with E-state index in [1.54, 1.807) is 4.98 Å². The van der Waals surface area contributed by atoms with Gasteiger partial charge in [-0.1, -0.05) is 0 Å². The number of amides is 1. The fraction of sp³-hybridized carbons (Fsp3) is 0.111. The minimum absolute atomic E-state index is 0.357. The van der Waals surface area contributed by atoms with Crippen LogP contribution < -0.4 is 22.0 Å². The Kier molecular flexibility index (Phi) is 3.58. The van der Waals surface area contributed by atoms with Gasteiger partial charge in [-0.2, -0.15) is 0 Å². The van der Waals surface area contributed by atoms with Crippen LogP contribution in [0, 0.1) is 10.1 Å². The number of nitrogens with zero attached hydrogens (tertiary/aromatic N) is 1. The second-order valence-corrected chi connectivity index (χ2v) is 4.04. The molecule has 0 radical (unpaired) electrons. The molecule has 0 aliphatic carbocycles. The summed E-state index contributed by atoms with van der Waals surface area (Å²) in [5, 5.41) is 12.3. The highest BCUT2D eigenvalue weighted by atomic mass is 35.5. The Labute approximate surface area is 118 Å². The smallest absolute Gasteiger partial charge is 0.321 e. The standard InChI is InChI=1S/C9H6ClN5O6/c10-1-2(16)11-7-4(15(20)21)5(17)3-6(12-7)13-9(19)14-8(3)18/h1H2,(H4,11,12,13,14,16,17,18,19). The van der Waals surface area contributed by atoms with Crippen molar-refractivity contribution in [2.45, 2.75) is 0 Å². The zero-order chi connectivity index (χ0) is 15.7. The molecule has 12 heteroatoms. The Hall–Kier alpha value is -2.95. The SMILES string of the molecule is O=C(CCl)Nc1[nH]c2[nH]c(=O)[nH]c(=O)c2c(=O)c1[N+](=O)[O-]. The molecule has 110 valence electrons. The average molecular weight is 316 g/mol. The Morgan fingerprint density at radius 1 is 1.24 bits per heavy atom. The fourth-order valence-electron chi connectivity index (χ4n) is 1.65. The van der Waals surface area contributed by atoms with Gasteiger partial charge in [0.1, 0.15) is 16.9 Å². The number of carbonyl (C=O) groups is 1. The average Bonchev–Trinajstić information content (AvgIpc) is 2.36. The van der Waals surface area contributed by atoms with E-state index in [0.29, 0.717) is 0 Å². The van der Waals surface area contributed by atoms with Gasteiger partial charge in [-0.3, -0.25) is 34.5 Å². The molecule has 2 aromatic rings. The van der Waals surface area contributed by atoms with Crippen LogP contribution >= 0.6 is 11.6 Å². The highest BCUT2D eigenvalue weighted by Gasteiger charge is 2.25. The van der Waals surface area contributed by atoms with Gasteiger partial charge in [-0.25, -0.2) is 4.79 Å². The summed E-state index contributed by atoms with van der Waals surface area (Å²) < 4.78 is 0. The lowest BCUT2D eigenvalue weighted by Crippen LogP contribution is -2.29. The molecule has 0 bridgehead atoms. The highest BCUT2D eigenvalue weighted by Crippen LogP contribution is 2.18. The van der Waals surface area contributed by atoms with Crippen molar-refractivity contribution in [3.05, 3.63) is 41.2 Å². The van der Waals surface area contributed by atoms with E-state index in [0.717, 1.165) is 0 Å². The van der Waals surface area contributed by atoms with Gasteiger partial charge in [-0.15, -0.1) is 11.6 Å². The van der Waals surface area contributed by atoms with Crippen LogP contribution in [0.4, 0.5) is 11.5 Å². The third-order valence-electron chi connectivity index (χ3n) is 2.44. The number of carbonyl (C=O) groups excluding carboxylic acids is 1. The van der Waals surface area contributed by atoms with Gasteiger partial charge >= 0.3 is 11.4 Å². The van der Waals surface area contributed by atoms with Gasteiger partial charge in [0, 0.05) is 0 Å². The van der Waals surface area contributed by atoms with Crippen LogP contribution in [0.25, 0.3) is 11.0 Å². The first-order valence-electron chi connectivity index (χ1n) is 5.28. The summed E-state index contributed by atoms with van der Waals surface area (Å²) in [5.41, 5.74) is -4.67. The van der Waals surface area contributed by atoms with Crippen molar-refractivity contribution < 1.29 is 9.72 Å². The molecule has 0 saturated heterocycles. The van der Waals surface area contributed by atoms with Crippen molar-refractivity contribution in [3.63, 3.8) is 0 Å².